The van der Waals surface area contributed by atoms with Crippen molar-refractivity contribution in [3.05, 3.63) is 62.7 Å². The van der Waals surface area contributed by atoms with Gasteiger partial charge in [0.25, 0.3) is 5.69 Å². The van der Waals surface area contributed by atoms with Gasteiger partial charge in [-0.3, -0.25) is 19.1 Å². The molecule has 1 atom stereocenters. The fourth-order valence-corrected chi connectivity index (χ4v) is 3.09. The summed E-state index contributed by atoms with van der Waals surface area (Å²) in [6.45, 7) is 1.35. The number of hydrogen-bond donors (Lipinski definition) is 1. The number of nitrogens with zero attached hydrogens (tertiary/aromatic N) is 1. The van der Waals surface area contributed by atoms with Crippen LogP contribution in [0.15, 0.2) is 36.4 Å². The second-order valence-electron chi connectivity index (χ2n) is 5.19. The molecule has 0 bridgehead atoms. The Balaban J connectivity index is 2.39. The predicted molar refractivity (Wildman–Crippen MR) is 95.6 cm³/mol. The first kappa shape index (κ1) is 18.1. The highest BCUT2D eigenvalue weighted by Gasteiger charge is 2.16. The minimum atomic E-state index is -1.06. The molecule has 1 unspecified atom stereocenters. The molecule has 2 rings (SSSR count). The van der Waals surface area contributed by atoms with E-state index < -0.39 is 15.7 Å². The first-order valence-corrected chi connectivity index (χ1v) is 9.03. The van der Waals surface area contributed by atoms with E-state index in [1.165, 1.54) is 25.1 Å². The van der Waals surface area contributed by atoms with Crippen LogP contribution < -0.4 is 5.32 Å². The van der Waals surface area contributed by atoms with Gasteiger partial charge in [-0.25, -0.2) is 0 Å². The summed E-state index contributed by atoms with van der Waals surface area (Å²) >= 11 is 6.07. The summed E-state index contributed by atoms with van der Waals surface area (Å²) in [5.41, 5.74) is 1.60. The number of Topliss-reactive ketones (excluding diaryl/α,β-unsaturated/α-hetero) is 1. The molecular weight excluding hydrogens is 352 g/mol. The Morgan fingerprint density at radius 3 is 2.58 bits per heavy atom. The molecule has 0 spiro atoms. The van der Waals surface area contributed by atoms with Gasteiger partial charge in [-0.2, -0.15) is 0 Å². The van der Waals surface area contributed by atoms with Crippen LogP contribution in [-0.4, -0.2) is 21.2 Å². The number of ketones is 1. The number of carbonyl (C=O) groups is 1. The third kappa shape index (κ3) is 4.39. The van der Waals surface area contributed by atoms with Crippen LogP contribution in [0.3, 0.4) is 0 Å². The van der Waals surface area contributed by atoms with Gasteiger partial charge in [0, 0.05) is 45.1 Å². The summed E-state index contributed by atoms with van der Waals surface area (Å²) in [6.07, 6.45) is 1.57. The van der Waals surface area contributed by atoms with Crippen LogP contribution in [0.25, 0.3) is 0 Å². The normalized spacial score (nSPS) is 11.8. The number of hydrogen-bond acceptors (Lipinski definition) is 5. The summed E-state index contributed by atoms with van der Waals surface area (Å²) in [4.78, 5) is 22.1. The number of nitro benzene ring substituents is 1. The van der Waals surface area contributed by atoms with Crippen LogP contribution in [-0.2, 0) is 16.6 Å². The van der Waals surface area contributed by atoms with E-state index in [0.717, 1.165) is 0 Å². The maximum absolute atomic E-state index is 11.4. The van der Waals surface area contributed by atoms with Gasteiger partial charge < -0.3 is 5.32 Å². The molecular formula is C16H15ClN2O4S. The highest BCUT2D eigenvalue weighted by molar-refractivity contribution is 7.83. The number of rotatable bonds is 6. The van der Waals surface area contributed by atoms with Crippen LogP contribution in [0.4, 0.5) is 17.1 Å². The average Bonchev–Trinajstić information content (AvgIpc) is 2.50. The molecule has 1 N–H and O–H groups in total. The Hall–Kier alpha value is -2.25. The summed E-state index contributed by atoms with van der Waals surface area (Å²) in [5.74, 6) is 0.0450. The number of anilines is 2. The molecule has 0 aliphatic heterocycles. The molecule has 0 heterocycles. The molecule has 126 valence electrons. The van der Waals surface area contributed by atoms with Crippen LogP contribution in [0.1, 0.15) is 22.8 Å². The van der Waals surface area contributed by atoms with Crippen molar-refractivity contribution >= 4 is 45.2 Å². The van der Waals surface area contributed by atoms with E-state index in [-0.39, 0.29) is 22.7 Å². The smallest absolute Gasteiger partial charge is 0.293 e. The van der Waals surface area contributed by atoms with Crippen molar-refractivity contribution in [1.29, 1.82) is 0 Å². The molecule has 0 amide bonds. The predicted octanol–water partition coefficient (Wildman–Crippen LogP) is 4.07. The molecule has 2 aromatic rings. The lowest BCUT2D eigenvalue weighted by atomic mass is 10.1. The van der Waals surface area contributed by atoms with Gasteiger partial charge in [-0.05, 0) is 42.8 Å². The second kappa shape index (κ2) is 7.55. The van der Waals surface area contributed by atoms with E-state index >= 15 is 0 Å². The standard InChI is InChI=1S/C16H15ClN2O4S/c1-10(20)11-3-6-15(16(8-11)19(21)22)18-13-4-5-14(17)12(7-13)9-24(2)23/h3-8,18H,9H2,1-2H3. The molecule has 8 heteroatoms. The first-order valence-electron chi connectivity index (χ1n) is 6.93. The first-order chi connectivity index (χ1) is 11.3. The minimum absolute atomic E-state index is 0.196. The van der Waals surface area contributed by atoms with Gasteiger partial charge in [-0.1, -0.05) is 11.6 Å². The number of carbonyl (C=O) groups excluding carboxylic acids is 1. The van der Waals surface area contributed by atoms with Gasteiger partial charge in [-0.15, -0.1) is 0 Å². The summed E-state index contributed by atoms with van der Waals surface area (Å²) in [5, 5.41) is 14.7. The molecule has 0 saturated heterocycles. The van der Waals surface area contributed by atoms with Gasteiger partial charge in [0.1, 0.15) is 5.69 Å². The van der Waals surface area contributed by atoms with E-state index in [1.807, 2.05) is 0 Å². The minimum Gasteiger partial charge on any atom is -0.350 e. The lowest BCUT2D eigenvalue weighted by Gasteiger charge is -2.10. The molecule has 24 heavy (non-hydrogen) atoms. The largest absolute Gasteiger partial charge is 0.350 e. The van der Waals surface area contributed by atoms with Crippen molar-refractivity contribution in [3.63, 3.8) is 0 Å². The molecule has 0 aliphatic rings. The molecule has 0 fully saturated rings. The molecule has 0 saturated carbocycles. The zero-order chi connectivity index (χ0) is 17.9. The highest BCUT2D eigenvalue weighted by Crippen LogP contribution is 2.30. The SMILES string of the molecule is CC(=O)c1ccc(Nc2ccc(Cl)c(CS(C)=O)c2)c([N+](=O)[O-])c1. The Morgan fingerprint density at radius 2 is 2.00 bits per heavy atom. The molecule has 0 aromatic heterocycles. The lowest BCUT2D eigenvalue weighted by molar-refractivity contribution is -0.383. The van der Waals surface area contributed by atoms with Crippen molar-refractivity contribution in [2.75, 3.05) is 11.6 Å². The fourth-order valence-electron chi connectivity index (χ4n) is 2.14. The molecule has 6 nitrogen and oxygen atoms in total. The van der Waals surface area contributed by atoms with Crippen LogP contribution in [0.2, 0.25) is 5.02 Å². The number of halogens is 1. The Labute approximate surface area is 146 Å². The monoisotopic (exact) mass is 366 g/mol. The van der Waals surface area contributed by atoms with Gasteiger partial charge >= 0.3 is 0 Å². The Bertz CT molecular complexity index is 839. The maximum Gasteiger partial charge on any atom is 0.293 e. The van der Waals surface area contributed by atoms with E-state index in [2.05, 4.69) is 5.32 Å². The molecule has 2 aromatic carbocycles. The maximum atomic E-state index is 11.4. The average molecular weight is 367 g/mol. The van der Waals surface area contributed by atoms with E-state index in [9.17, 15) is 19.1 Å². The fraction of sp³-hybridized carbons (Fsp3) is 0.188. The topological polar surface area (TPSA) is 89.3 Å². The van der Waals surface area contributed by atoms with Gasteiger partial charge in [0.2, 0.25) is 0 Å². The molecule has 0 aliphatic carbocycles. The lowest BCUT2D eigenvalue weighted by Crippen LogP contribution is -2.01. The van der Waals surface area contributed by atoms with Crippen molar-refractivity contribution in [2.24, 2.45) is 0 Å². The van der Waals surface area contributed by atoms with Crippen LogP contribution in [0.5, 0.6) is 0 Å². The third-order valence-electron chi connectivity index (χ3n) is 3.28. The van der Waals surface area contributed by atoms with E-state index in [1.54, 1.807) is 24.5 Å². The Morgan fingerprint density at radius 1 is 1.29 bits per heavy atom. The zero-order valence-corrected chi connectivity index (χ0v) is 14.6. The summed E-state index contributed by atoms with van der Waals surface area (Å²) < 4.78 is 11.4. The summed E-state index contributed by atoms with van der Waals surface area (Å²) in [7, 11) is -1.06. The second-order valence-corrected chi connectivity index (χ2v) is 7.04. The zero-order valence-electron chi connectivity index (χ0n) is 13.0. The van der Waals surface area contributed by atoms with E-state index in [0.29, 0.717) is 22.0 Å². The van der Waals surface area contributed by atoms with Crippen molar-refractivity contribution in [1.82, 2.24) is 0 Å². The number of nitrogens with one attached hydrogen (secondary N) is 1. The molecule has 0 radical (unpaired) electrons. The third-order valence-corrected chi connectivity index (χ3v) is 4.37. The number of nitro groups is 1. The van der Waals surface area contributed by atoms with Crippen LogP contribution >= 0.6 is 11.6 Å². The van der Waals surface area contributed by atoms with Crippen LogP contribution in [0, 0.1) is 10.1 Å². The Kier molecular flexibility index (Phi) is 5.69. The van der Waals surface area contributed by atoms with Gasteiger partial charge in [0.15, 0.2) is 5.78 Å². The van der Waals surface area contributed by atoms with Gasteiger partial charge in [0.05, 0.1) is 4.92 Å². The summed E-state index contributed by atoms with van der Waals surface area (Å²) in [6, 6.07) is 9.26. The quantitative estimate of drug-likeness (QED) is 0.472. The van der Waals surface area contributed by atoms with Crippen molar-refractivity contribution in [3.8, 4) is 0 Å². The van der Waals surface area contributed by atoms with Crippen molar-refractivity contribution in [2.45, 2.75) is 12.7 Å². The van der Waals surface area contributed by atoms with E-state index in [4.69, 9.17) is 11.6 Å². The highest BCUT2D eigenvalue weighted by atomic mass is 35.5. The van der Waals surface area contributed by atoms with Crippen molar-refractivity contribution < 1.29 is 13.9 Å². The number of benzene rings is 2.